The largest absolute Gasteiger partial charge is 0.494 e. The molecule has 1 aliphatic rings. The van der Waals surface area contributed by atoms with Crippen LogP contribution in [0.3, 0.4) is 0 Å². The number of esters is 1. The number of hydrogen-bond acceptors (Lipinski definition) is 6. The molecule has 0 bridgehead atoms. The molecule has 1 aliphatic heterocycles. The molecule has 0 spiro atoms. The van der Waals surface area contributed by atoms with Crippen molar-refractivity contribution in [1.82, 2.24) is 9.13 Å². The summed E-state index contributed by atoms with van der Waals surface area (Å²) in [6.07, 6.45) is 4.43. The molecule has 2 heterocycles. The van der Waals surface area contributed by atoms with E-state index < -0.39 is 5.97 Å². The highest BCUT2D eigenvalue weighted by molar-refractivity contribution is 7.71. The van der Waals surface area contributed by atoms with Crippen LogP contribution in [0.1, 0.15) is 30.7 Å². The SMILES string of the molecule is CCOc1ccc(-n2c(O)c(C=C3C=Nc4c(CC)cccc43)n(CC(=O)OC)c2=S)cc1. The Morgan fingerprint density at radius 3 is 2.61 bits per heavy atom. The van der Waals surface area contributed by atoms with E-state index in [9.17, 15) is 9.90 Å². The lowest BCUT2D eigenvalue weighted by atomic mass is 10.0. The molecule has 8 heteroatoms. The van der Waals surface area contributed by atoms with Crippen LogP contribution in [0.4, 0.5) is 5.69 Å². The summed E-state index contributed by atoms with van der Waals surface area (Å²) in [5.74, 6) is 0.173. The van der Waals surface area contributed by atoms with E-state index in [1.807, 2.05) is 31.2 Å². The first-order valence-electron chi connectivity index (χ1n) is 10.7. The molecule has 170 valence electrons. The molecule has 0 amide bonds. The number of carbonyl (C=O) groups is 1. The minimum absolute atomic E-state index is 0.0749. The number of aromatic nitrogens is 2. The number of allylic oxidation sites excluding steroid dienone is 1. The van der Waals surface area contributed by atoms with E-state index in [0.717, 1.165) is 28.8 Å². The first-order valence-corrected chi connectivity index (χ1v) is 11.1. The third kappa shape index (κ3) is 4.21. The van der Waals surface area contributed by atoms with E-state index in [0.29, 0.717) is 23.7 Å². The Balaban J connectivity index is 1.86. The molecule has 7 nitrogen and oxygen atoms in total. The molecule has 33 heavy (non-hydrogen) atoms. The zero-order valence-corrected chi connectivity index (χ0v) is 19.6. The first-order chi connectivity index (χ1) is 16.0. The van der Waals surface area contributed by atoms with Crippen LogP contribution in [0.5, 0.6) is 11.6 Å². The van der Waals surface area contributed by atoms with Gasteiger partial charge in [0.15, 0.2) is 4.77 Å². The molecule has 0 aliphatic carbocycles. The highest BCUT2D eigenvalue weighted by Gasteiger charge is 2.22. The number of carbonyl (C=O) groups excluding carboxylic acids is 1. The van der Waals surface area contributed by atoms with Crippen molar-refractivity contribution in [2.75, 3.05) is 13.7 Å². The van der Waals surface area contributed by atoms with Crippen LogP contribution in [-0.2, 0) is 22.5 Å². The van der Waals surface area contributed by atoms with E-state index in [-0.39, 0.29) is 17.2 Å². The number of hydrogen-bond donors (Lipinski definition) is 1. The lowest BCUT2D eigenvalue weighted by molar-refractivity contribution is -0.141. The van der Waals surface area contributed by atoms with Crippen LogP contribution in [0.15, 0.2) is 47.5 Å². The molecule has 0 fully saturated rings. The number of rotatable bonds is 7. The molecule has 3 aromatic rings. The molecular formula is C25H25N3O4S. The first kappa shape index (κ1) is 22.5. The highest BCUT2D eigenvalue weighted by Crippen LogP contribution is 2.37. The molecule has 0 atom stereocenters. The predicted molar refractivity (Wildman–Crippen MR) is 131 cm³/mol. The third-order valence-corrected chi connectivity index (χ3v) is 5.91. The number of ether oxygens (including phenoxy) is 2. The van der Waals surface area contributed by atoms with E-state index in [4.69, 9.17) is 21.7 Å². The Morgan fingerprint density at radius 2 is 1.94 bits per heavy atom. The molecule has 4 rings (SSSR count). The quantitative estimate of drug-likeness (QED) is 0.389. The van der Waals surface area contributed by atoms with Crippen molar-refractivity contribution in [3.05, 3.63) is 64.1 Å². The van der Waals surface area contributed by atoms with E-state index in [2.05, 4.69) is 18.0 Å². The second-order valence-electron chi connectivity index (χ2n) is 7.44. The molecule has 0 saturated carbocycles. The van der Waals surface area contributed by atoms with Crippen molar-refractivity contribution in [2.45, 2.75) is 26.8 Å². The fourth-order valence-corrected chi connectivity index (χ4v) is 4.21. The summed E-state index contributed by atoms with van der Waals surface area (Å²) >= 11 is 5.66. The van der Waals surface area contributed by atoms with Crippen LogP contribution in [0, 0.1) is 4.77 Å². The lowest BCUT2D eigenvalue weighted by Crippen LogP contribution is -2.13. The van der Waals surface area contributed by atoms with E-state index in [1.54, 1.807) is 29.0 Å². The van der Waals surface area contributed by atoms with E-state index in [1.165, 1.54) is 11.7 Å². The van der Waals surface area contributed by atoms with Crippen molar-refractivity contribution in [2.24, 2.45) is 4.99 Å². The van der Waals surface area contributed by atoms with Crippen LogP contribution >= 0.6 is 12.2 Å². The minimum Gasteiger partial charge on any atom is -0.494 e. The van der Waals surface area contributed by atoms with Crippen LogP contribution < -0.4 is 4.74 Å². The Kier molecular flexibility index (Phi) is 6.46. The Labute approximate surface area is 197 Å². The second kappa shape index (κ2) is 9.46. The standard InChI is InChI=1S/C25H25N3O4S/c1-4-16-7-6-8-20-17(14-26-23(16)20)13-21-24(30)28(25(33)27(21)15-22(29)31-3)18-9-11-19(12-10-18)32-5-2/h6-14,30H,4-5,15H2,1-3H3. The highest BCUT2D eigenvalue weighted by atomic mass is 32.1. The molecule has 0 unspecified atom stereocenters. The average Bonchev–Trinajstić information content (AvgIpc) is 3.34. The van der Waals surface area contributed by atoms with Crippen molar-refractivity contribution in [1.29, 1.82) is 0 Å². The van der Waals surface area contributed by atoms with Gasteiger partial charge in [0.25, 0.3) is 0 Å². The monoisotopic (exact) mass is 463 g/mol. The van der Waals surface area contributed by atoms with Crippen molar-refractivity contribution in [3.8, 4) is 17.3 Å². The Bertz CT molecular complexity index is 1320. The topological polar surface area (TPSA) is 78.0 Å². The predicted octanol–water partition coefficient (Wildman–Crippen LogP) is 5.10. The average molecular weight is 464 g/mol. The molecule has 0 radical (unpaired) electrons. The maximum absolute atomic E-state index is 12.1. The van der Waals surface area contributed by atoms with Crippen LogP contribution in [0.2, 0.25) is 0 Å². The zero-order chi connectivity index (χ0) is 23.5. The number of aryl methyl sites for hydroxylation is 1. The summed E-state index contributed by atoms with van der Waals surface area (Å²) in [5.41, 5.74) is 4.92. The fourth-order valence-electron chi connectivity index (χ4n) is 3.86. The number of benzene rings is 2. The molecule has 1 N–H and O–H groups in total. The summed E-state index contributed by atoms with van der Waals surface area (Å²) in [5, 5.41) is 11.2. The molecule has 2 aromatic carbocycles. The second-order valence-corrected chi connectivity index (χ2v) is 7.81. The number of nitrogens with zero attached hydrogens (tertiary/aromatic N) is 3. The van der Waals surface area contributed by atoms with Gasteiger partial charge in [-0.2, -0.15) is 0 Å². The van der Waals surface area contributed by atoms with Gasteiger partial charge in [0.2, 0.25) is 5.88 Å². The van der Waals surface area contributed by atoms with Gasteiger partial charge in [-0.3, -0.25) is 14.4 Å². The minimum atomic E-state index is -0.469. The van der Waals surface area contributed by atoms with Crippen LogP contribution in [-0.4, -0.2) is 40.1 Å². The number of fused-ring (bicyclic) bond motifs is 1. The van der Waals surface area contributed by atoms with Gasteiger partial charge < -0.3 is 19.1 Å². The third-order valence-electron chi connectivity index (χ3n) is 5.51. The molecule has 1 aromatic heterocycles. The lowest BCUT2D eigenvalue weighted by Gasteiger charge is -2.07. The molecular weight excluding hydrogens is 438 g/mol. The van der Waals surface area contributed by atoms with Gasteiger partial charge in [-0.15, -0.1) is 0 Å². The summed E-state index contributed by atoms with van der Waals surface area (Å²) in [4.78, 5) is 16.7. The number of methoxy groups -OCH3 is 1. The van der Waals surface area contributed by atoms with Crippen LogP contribution in [0.25, 0.3) is 17.3 Å². The summed E-state index contributed by atoms with van der Waals surface area (Å²) in [6.45, 7) is 4.42. The van der Waals surface area contributed by atoms with Crippen molar-refractivity contribution < 1.29 is 19.4 Å². The summed E-state index contributed by atoms with van der Waals surface area (Å²) in [7, 11) is 1.32. The molecule has 0 saturated heterocycles. The number of aromatic hydroxyl groups is 1. The van der Waals surface area contributed by atoms with Gasteiger partial charge in [-0.25, -0.2) is 0 Å². The number of imidazole rings is 1. The van der Waals surface area contributed by atoms with Crippen molar-refractivity contribution in [3.63, 3.8) is 0 Å². The maximum atomic E-state index is 12.1. The summed E-state index contributed by atoms with van der Waals surface area (Å²) < 4.78 is 13.7. The Morgan fingerprint density at radius 1 is 1.18 bits per heavy atom. The maximum Gasteiger partial charge on any atom is 0.325 e. The van der Waals surface area contributed by atoms with E-state index >= 15 is 0 Å². The van der Waals surface area contributed by atoms with Gasteiger partial charge in [0.05, 0.1) is 25.1 Å². The zero-order valence-electron chi connectivity index (χ0n) is 18.7. The van der Waals surface area contributed by atoms with Gasteiger partial charge in [0.1, 0.15) is 18.0 Å². The fraction of sp³-hybridized carbons (Fsp3) is 0.240. The van der Waals surface area contributed by atoms with Gasteiger partial charge in [0, 0.05) is 17.4 Å². The smallest absolute Gasteiger partial charge is 0.325 e. The number of para-hydroxylation sites is 1. The Hall–Kier alpha value is -3.65. The van der Waals surface area contributed by atoms with Crippen molar-refractivity contribution >= 4 is 41.7 Å². The normalized spacial score (nSPS) is 13.4. The van der Waals surface area contributed by atoms with Gasteiger partial charge in [-0.05, 0) is 61.5 Å². The summed E-state index contributed by atoms with van der Waals surface area (Å²) in [6, 6.07) is 13.3. The number of aliphatic imine (C=N–C) groups is 1. The van der Waals surface area contributed by atoms with Gasteiger partial charge in [-0.1, -0.05) is 25.1 Å². The van der Waals surface area contributed by atoms with Gasteiger partial charge >= 0.3 is 5.97 Å².